The standard InChI is InChI=1S/C9H12N2O/c1-3-9(5-10,11-6-12)8-4-7(8)2/h7-8H,3-4H2,1-2H3. The van der Waals surface area contributed by atoms with Gasteiger partial charge < -0.3 is 0 Å². The minimum Gasteiger partial charge on any atom is -0.211 e. The summed E-state index contributed by atoms with van der Waals surface area (Å²) in [6.07, 6.45) is 3.12. The third-order valence-corrected chi connectivity index (χ3v) is 2.70. The molecular weight excluding hydrogens is 152 g/mol. The topological polar surface area (TPSA) is 53.2 Å². The highest BCUT2D eigenvalue weighted by Gasteiger charge is 2.50. The van der Waals surface area contributed by atoms with Crippen molar-refractivity contribution in [2.45, 2.75) is 32.2 Å². The van der Waals surface area contributed by atoms with Crippen molar-refractivity contribution in [2.75, 3.05) is 0 Å². The van der Waals surface area contributed by atoms with Crippen molar-refractivity contribution in [3.8, 4) is 6.07 Å². The lowest BCUT2D eigenvalue weighted by atomic mass is 9.91. The van der Waals surface area contributed by atoms with Crippen LogP contribution in [-0.2, 0) is 4.79 Å². The first-order chi connectivity index (χ1) is 5.70. The fraction of sp³-hybridized carbons (Fsp3) is 0.778. The molecule has 1 aliphatic rings. The highest BCUT2D eigenvalue weighted by atomic mass is 16.1. The van der Waals surface area contributed by atoms with Gasteiger partial charge in [-0.2, -0.15) is 10.3 Å². The van der Waals surface area contributed by atoms with Crippen LogP contribution in [0.4, 0.5) is 0 Å². The molecular formula is C9H12N2O. The predicted octanol–water partition coefficient (Wildman–Crippen LogP) is 1.65. The SMILES string of the molecule is CCC(C#N)(N=C=O)C1CC1C. The lowest BCUT2D eigenvalue weighted by molar-refractivity contribution is 0.436. The summed E-state index contributed by atoms with van der Waals surface area (Å²) in [6.45, 7) is 3.96. The van der Waals surface area contributed by atoms with E-state index >= 15 is 0 Å². The molecule has 0 radical (unpaired) electrons. The van der Waals surface area contributed by atoms with Crippen LogP contribution in [0.1, 0.15) is 26.7 Å². The molecule has 1 rings (SSSR count). The van der Waals surface area contributed by atoms with E-state index in [1.54, 1.807) is 0 Å². The maximum absolute atomic E-state index is 10.1. The minimum atomic E-state index is -0.777. The lowest BCUT2D eigenvalue weighted by Crippen LogP contribution is -2.26. The molecule has 0 spiro atoms. The molecule has 3 unspecified atom stereocenters. The van der Waals surface area contributed by atoms with Gasteiger partial charge in [-0.25, -0.2) is 4.79 Å². The van der Waals surface area contributed by atoms with E-state index in [-0.39, 0.29) is 5.92 Å². The zero-order valence-electron chi connectivity index (χ0n) is 7.37. The van der Waals surface area contributed by atoms with E-state index in [9.17, 15) is 4.79 Å². The van der Waals surface area contributed by atoms with Crippen LogP contribution < -0.4 is 0 Å². The van der Waals surface area contributed by atoms with Crippen molar-refractivity contribution in [2.24, 2.45) is 16.8 Å². The van der Waals surface area contributed by atoms with Gasteiger partial charge in [0.05, 0.1) is 6.07 Å². The number of rotatable bonds is 3. The number of isocyanates is 1. The Bertz CT molecular complexity index is 262. The smallest absolute Gasteiger partial charge is 0.211 e. The van der Waals surface area contributed by atoms with E-state index in [0.717, 1.165) is 6.42 Å². The maximum atomic E-state index is 10.1. The fourth-order valence-electron chi connectivity index (χ4n) is 1.68. The Kier molecular flexibility index (Phi) is 2.30. The first-order valence-corrected chi connectivity index (χ1v) is 4.20. The van der Waals surface area contributed by atoms with E-state index in [0.29, 0.717) is 12.3 Å². The largest absolute Gasteiger partial charge is 0.236 e. The minimum absolute atomic E-state index is 0.272. The molecule has 1 saturated carbocycles. The molecule has 3 heteroatoms. The summed E-state index contributed by atoms with van der Waals surface area (Å²) < 4.78 is 0. The van der Waals surface area contributed by atoms with Crippen LogP contribution >= 0.6 is 0 Å². The summed E-state index contributed by atoms with van der Waals surface area (Å²) >= 11 is 0. The van der Waals surface area contributed by atoms with Crippen molar-refractivity contribution < 1.29 is 4.79 Å². The highest BCUT2D eigenvalue weighted by molar-refractivity contribution is 5.38. The van der Waals surface area contributed by atoms with E-state index in [1.807, 2.05) is 6.92 Å². The van der Waals surface area contributed by atoms with Gasteiger partial charge in [-0.3, -0.25) is 0 Å². The summed E-state index contributed by atoms with van der Waals surface area (Å²) in [6, 6.07) is 2.13. The van der Waals surface area contributed by atoms with Gasteiger partial charge in [0.15, 0.2) is 5.54 Å². The van der Waals surface area contributed by atoms with E-state index in [2.05, 4.69) is 18.0 Å². The molecule has 64 valence electrons. The van der Waals surface area contributed by atoms with Crippen LogP contribution in [0.15, 0.2) is 4.99 Å². The third-order valence-electron chi connectivity index (χ3n) is 2.70. The molecule has 3 atom stereocenters. The number of hydrogen-bond acceptors (Lipinski definition) is 3. The first kappa shape index (κ1) is 8.96. The average molecular weight is 164 g/mol. The van der Waals surface area contributed by atoms with Gasteiger partial charge in [0.1, 0.15) is 0 Å². The number of nitrogens with zero attached hydrogens (tertiary/aromatic N) is 2. The lowest BCUT2D eigenvalue weighted by Gasteiger charge is -2.17. The van der Waals surface area contributed by atoms with Gasteiger partial charge >= 0.3 is 0 Å². The Labute approximate surface area is 72.1 Å². The van der Waals surface area contributed by atoms with Crippen molar-refractivity contribution in [1.29, 1.82) is 5.26 Å². The van der Waals surface area contributed by atoms with E-state index in [1.165, 1.54) is 6.08 Å². The predicted molar refractivity (Wildman–Crippen MR) is 44.0 cm³/mol. The van der Waals surface area contributed by atoms with Crippen LogP contribution in [-0.4, -0.2) is 11.6 Å². The van der Waals surface area contributed by atoms with Crippen molar-refractivity contribution >= 4 is 6.08 Å². The second-order valence-electron chi connectivity index (χ2n) is 3.41. The summed E-state index contributed by atoms with van der Waals surface area (Å²) in [4.78, 5) is 13.8. The molecule has 0 aromatic rings. The van der Waals surface area contributed by atoms with Crippen LogP contribution in [0.2, 0.25) is 0 Å². The number of nitriles is 1. The molecule has 0 heterocycles. The second-order valence-corrected chi connectivity index (χ2v) is 3.41. The molecule has 0 saturated heterocycles. The Morgan fingerprint density at radius 3 is 2.58 bits per heavy atom. The normalized spacial score (nSPS) is 31.1. The third kappa shape index (κ3) is 1.26. The van der Waals surface area contributed by atoms with Crippen LogP contribution in [0, 0.1) is 23.2 Å². The van der Waals surface area contributed by atoms with Crippen LogP contribution in [0.3, 0.4) is 0 Å². The molecule has 1 fully saturated rings. The van der Waals surface area contributed by atoms with E-state index in [4.69, 9.17) is 5.26 Å². The van der Waals surface area contributed by atoms with Gasteiger partial charge in [0.2, 0.25) is 6.08 Å². The molecule has 0 aliphatic heterocycles. The van der Waals surface area contributed by atoms with E-state index < -0.39 is 5.54 Å². The summed E-state index contributed by atoms with van der Waals surface area (Å²) in [7, 11) is 0. The molecule has 0 aromatic heterocycles. The summed E-state index contributed by atoms with van der Waals surface area (Å²) in [5.74, 6) is 0.802. The first-order valence-electron chi connectivity index (χ1n) is 4.20. The molecule has 0 bridgehead atoms. The van der Waals surface area contributed by atoms with Crippen molar-refractivity contribution in [1.82, 2.24) is 0 Å². The van der Waals surface area contributed by atoms with Gasteiger partial charge in [0.25, 0.3) is 0 Å². The molecule has 0 aromatic carbocycles. The molecule has 1 aliphatic carbocycles. The number of aliphatic imine (C=N–C) groups is 1. The number of carbonyl (C=O) groups excluding carboxylic acids is 1. The zero-order chi connectivity index (χ0) is 9.19. The Balaban J connectivity index is 2.86. The fourth-order valence-corrected chi connectivity index (χ4v) is 1.68. The van der Waals surface area contributed by atoms with Crippen LogP contribution in [0.5, 0.6) is 0 Å². The second kappa shape index (κ2) is 3.08. The maximum Gasteiger partial charge on any atom is 0.236 e. The van der Waals surface area contributed by atoms with Gasteiger partial charge in [-0.05, 0) is 18.8 Å². The average Bonchev–Trinajstić information content (AvgIpc) is 2.79. The summed E-state index contributed by atoms with van der Waals surface area (Å²) in [5, 5.41) is 8.91. The molecule has 12 heavy (non-hydrogen) atoms. The van der Waals surface area contributed by atoms with Crippen molar-refractivity contribution in [3.05, 3.63) is 0 Å². The van der Waals surface area contributed by atoms with Crippen LogP contribution in [0.25, 0.3) is 0 Å². The quantitative estimate of drug-likeness (QED) is 0.470. The van der Waals surface area contributed by atoms with Gasteiger partial charge in [0, 0.05) is 5.92 Å². The summed E-state index contributed by atoms with van der Waals surface area (Å²) in [5.41, 5.74) is -0.777. The Morgan fingerprint density at radius 1 is 1.75 bits per heavy atom. The molecule has 0 amide bonds. The number of hydrogen-bond donors (Lipinski definition) is 0. The van der Waals surface area contributed by atoms with Gasteiger partial charge in [-0.15, -0.1) is 0 Å². The zero-order valence-corrected chi connectivity index (χ0v) is 7.37. The highest BCUT2D eigenvalue weighted by Crippen LogP contribution is 2.48. The Morgan fingerprint density at radius 2 is 2.33 bits per heavy atom. The van der Waals surface area contributed by atoms with Gasteiger partial charge in [-0.1, -0.05) is 13.8 Å². The monoisotopic (exact) mass is 164 g/mol. The van der Waals surface area contributed by atoms with Crippen molar-refractivity contribution in [3.63, 3.8) is 0 Å². The molecule has 0 N–H and O–H groups in total. The Hall–Kier alpha value is -1.13. The molecule has 3 nitrogen and oxygen atoms in total.